The van der Waals surface area contributed by atoms with Crippen LogP contribution in [0.1, 0.15) is 24.3 Å². The minimum Gasteiger partial charge on any atom is -0.236 e. The van der Waals surface area contributed by atoms with Gasteiger partial charge in [0.1, 0.15) is 0 Å². The highest BCUT2D eigenvalue weighted by Crippen LogP contribution is 2.39. The summed E-state index contributed by atoms with van der Waals surface area (Å²) >= 11 is 3.45. The summed E-state index contributed by atoms with van der Waals surface area (Å²) in [6.45, 7) is 0. The van der Waals surface area contributed by atoms with Gasteiger partial charge >= 0.3 is 0 Å². The first-order chi connectivity index (χ1) is 7.83. The number of nitrogens with zero attached hydrogens (tertiary/aromatic N) is 2. The Labute approximate surface area is 103 Å². The molecule has 0 amide bonds. The summed E-state index contributed by atoms with van der Waals surface area (Å²) in [5.74, 6) is 1.52. The van der Waals surface area contributed by atoms with Crippen molar-refractivity contribution in [1.29, 1.82) is 0 Å². The van der Waals surface area contributed by atoms with Crippen LogP contribution in [0, 0.1) is 0 Å². The van der Waals surface area contributed by atoms with E-state index in [1.807, 2.05) is 36.7 Å². The second kappa shape index (κ2) is 3.98. The van der Waals surface area contributed by atoms with Crippen molar-refractivity contribution in [2.75, 3.05) is 0 Å². The number of halogens is 1. The van der Waals surface area contributed by atoms with E-state index in [0.29, 0.717) is 0 Å². The van der Waals surface area contributed by atoms with E-state index in [0.717, 1.165) is 21.8 Å². The fourth-order valence-corrected chi connectivity index (χ4v) is 2.14. The molecule has 0 N–H and O–H groups in total. The van der Waals surface area contributed by atoms with E-state index in [1.165, 1.54) is 18.4 Å². The molecule has 1 aromatic heterocycles. The highest BCUT2D eigenvalue weighted by Gasteiger charge is 2.23. The lowest BCUT2D eigenvalue weighted by Gasteiger charge is -2.02. The number of rotatable bonds is 2. The molecule has 1 saturated carbocycles. The summed E-state index contributed by atoms with van der Waals surface area (Å²) in [7, 11) is 0. The van der Waals surface area contributed by atoms with E-state index in [9.17, 15) is 0 Å². The minimum atomic E-state index is 0.719. The topological polar surface area (TPSA) is 25.8 Å². The van der Waals surface area contributed by atoms with Gasteiger partial charge in [0.05, 0.1) is 0 Å². The third-order valence-corrected chi connectivity index (χ3v) is 3.30. The zero-order chi connectivity index (χ0) is 11.0. The molecule has 0 bridgehead atoms. The summed E-state index contributed by atoms with van der Waals surface area (Å²) < 4.78 is 1.06. The molecule has 0 spiro atoms. The number of aromatic nitrogens is 2. The second-order valence-corrected chi connectivity index (χ2v) is 5.04. The highest BCUT2D eigenvalue weighted by atomic mass is 79.9. The van der Waals surface area contributed by atoms with Crippen molar-refractivity contribution < 1.29 is 0 Å². The van der Waals surface area contributed by atoms with Crippen LogP contribution in [0.3, 0.4) is 0 Å². The molecule has 0 saturated heterocycles. The van der Waals surface area contributed by atoms with Crippen molar-refractivity contribution in [2.45, 2.75) is 18.8 Å². The predicted molar refractivity (Wildman–Crippen MR) is 67.1 cm³/mol. The van der Waals surface area contributed by atoms with Crippen molar-refractivity contribution in [3.63, 3.8) is 0 Å². The van der Waals surface area contributed by atoms with Gasteiger partial charge in [-0.25, -0.2) is 9.97 Å². The van der Waals surface area contributed by atoms with E-state index in [4.69, 9.17) is 0 Å². The molecule has 2 nitrogen and oxygen atoms in total. The molecule has 3 heteroatoms. The first-order valence-corrected chi connectivity index (χ1v) is 6.20. The fraction of sp³-hybridized carbons (Fsp3) is 0.231. The normalized spacial score (nSPS) is 15.1. The molecule has 80 valence electrons. The van der Waals surface area contributed by atoms with Crippen LogP contribution in [0.4, 0.5) is 0 Å². The Morgan fingerprint density at radius 3 is 2.50 bits per heavy atom. The Hall–Kier alpha value is -1.22. The maximum absolute atomic E-state index is 4.42. The first kappa shape index (κ1) is 9.97. The van der Waals surface area contributed by atoms with Gasteiger partial charge in [-0.3, -0.25) is 0 Å². The average Bonchev–Trinajstić information content (AvgIpc) is 3.13. The Morgan fingerprint density at radius 2 is 1.88 bits per heavy atom. The highest BCUT2D eigenvalue weighted by molar-refractivity contribution is 9.10. The summed E-state index contributed by atoms with van der Waals surface area (Å²) in [4.78, 5) is 8.84. The lowest BCUT2D eigenvalue weighted by molar-refractivity contribution is 1.04. The zero-order valence-corrected chi connectivity index (χ0v) is 10.3. The fourth-order valence-electron chi connectivity index (χ4n) is 1.74. The molecule has 1 aliphatic rings. The number of hydrogen-bond donors (Lipinski definition) is 0. The van der Waals surface area contributed by atoms with Crippen molar-refractivity contribution in [3.8, 4) is 11.4 Å². The molecule has 2 aromatic rings. The third-order valence-electron chi connectivity index (χ3n) is 2.80. The lowest BCUT2D eigenvalue weighted by Crippen LogP contribution is -1.90. The van der Waals surface area contributed by atoms with Crippen molar-refractivity contribution in [3.05, 3.63) is 46.7 Å². The number of benzene rings is 1. The molecular weight excluding hydrogens is 264 g/mol. The van der Waals surface area contributed by atoms with E-state index >= 15 is 0 Å². The molecule has 0 radical (unpaired) electrons. The van der Waals surface area contributed by atoms with E-state index in [2.05, 4.69) is 25.9 Å². The van der Waals surface area contributed by atoms with Crippen molar-refractivity contribution in [1.82, 2.24) is 9.97 Å². The molecule has 0 unspecified atom stereocenters. The smallest absolute Gasteiger partial charge is 0.159 e. The summed E-state index contributed by atoms with van der Waals surface area (Å²) in [6, 6.07) is 8.06. The summed E-state index contributed by atoms with van der Waals surface area (Å²) in [6.07, 6.45) is 6.50. The van der Waals surface area contributed by atoms with E-state index < -0.39 is 0 Å². The van der Waals surface area contributed by atoms with Gasteiger partial charge in [0.25, 0.3) is 0 Å². The van der Waals surface area contributed by atoms with Crippen LogP contribution >= 0.6 is 15.9 Å². The molecule has 3 rings (SSSR count). The largest absolute Gasteiger partial charge is 0.236 e. The van der Waals surface area contributed by atoms with Crippen LogP contribution in [-0.4, -0.2) is 9.97 Å². The van der Waals surface area contributed by atoms with Crippen LogP contribution in [0.25, 0.3) is 11.4 Å². The predicted octanol–water partition coefficient (Wildman–Crippen LogP) is 3.78. The first-order valence-electron chi connectivity index (χ1n) is 5.41. The molecule has 1 aromatic carbocycles. The number of hydrogen-bond acceptors (Lipinski definition) is 2. The van der Waals surface area contributed by atoms with Gasteiger partial charge in [-0.1, -0.05) is 28.1 Å². The molecule has 16 heavy (non-hydrogen) atoms. The van der Waals surface area contributed by atoms with Gasteiger partial charge < -0.3 is 0 Å². The maximum atomic E-state index is 4.42. The Kier molecular flexibility index (Phi) is 2.48. The summed E-state index contributed by atoms with van der Waals surface area (Å²) in [5.41, 5.74) is 2.33. The SMILES string of the molecule is Brc1cccc(-c2ncc(C3CC3)cn2)c1. The van der Waals surface area contributed by atoms with Gasteiger partial charge in [0.2, 0.25) is 0 Å². The molecule has 0 aliphatic heterocycles. The average molecular weight is 275 g/mol. The van der Waals surface area contributed by atoms with Gasteiger partial charge in [0.15, 0.2) is 5.82 Å². The Bertz CT molecular complexity index is 504. The van der Waals surface area contributed by atoms with Crippen LogP contribution < -0.4 is 0 Å². The Morgan fingerprint density at radius 1 is 1.12 bits per heavy atom. The summed E-state index contributed by atoms with van der Waals surface area (Å²) in [5, 5.41) is 0. The van der Waals surface area contributed by atoms with Crippen molar-refractivity contribution >= 4 is 15.9 Å². The van der Waals surface area contributed by atoms with Crippen molar-refractivity contribution in [2.24, 2.45) is 0 Å². The van der Waals surface area contributed by atoms with Gasteiger partial charge in [-0.2, -0.15) is 0 Å². The van der Waals surface area contributed by atoms with Gasteiger partial charge in [0, 0.05) is 22.4 Å². The minimum absolute atomic E-state index is 0.719. The monoisotopic (exact) mass is 274 g/mol. The lowest BCUT2D eigenvalue weighted by atomic mass is 10.2. The van der Waals surface area contributed by atoms with E-state index in [1.54, 1.807) is 0 Å². The molecule has 1 heterocycles. The quantitative estimate of drug-likeness (QED) is 0.833. The molecule has 1 fully saturated rings. The van der Waals surface area contributed by atoms with Crippen LogP contribution in [0.2, 0.25) is 0 Å². The van der Waals surface area contributed by atoms with Crippen LogP contribution in [0.5, 0.6) is 0 Å². The molecule has 1 aliphatic carbocycles. The zero-order valence-electron chi connectivity index (χ0n) is 8.73. The maximum Gasteiger partial charge on any atom is 0.159 e. The van der Waals surface area contributed by atoms with Gasteiger partial charge in [-0.15, -0.1) is 0 Å². The van der Waals surface area contributed by atoms with Gasteiger partial charge in [-0.05, 0) is 36.5 Å². The third kappa shape index (κ3) is 2.00. The molecule has 0 atom stereocenters. The standard InChI is InChI=1S/C13H11BrN2/c14-12-3-1-2-10(6-12)13-15-7-11(8-16-13)9-4-5-9/h1-3,6-9H,4-5H2. The Balaban J connectivity index is 1.94. The second-order valence-electron chi connectivity index (χ2n) is 4.12. The van der Waals surface area contributed by atoms with Crippen LogP contribution in [-0.2, 0) is 0 Å². The van der Waals surface area contributed by atoms with Crippen LogP contribution in [0.15, 0.2) is 41.1 Å². The molecular formula is C13H11BrN2. The van der Waals surface area contributed by atoms with E-state index in [-0.39, 0.29) is 0 Å².